The summed E-state index contributed by atoms with van der Waals surface area (Å²) in [6.45, 7) is 2.08. The quantitative estimate of drug-likeness (QED) is 0.759. The number of pyridine rings is 1. The Morgan fingerprint density at radius 3 is 2.54 bits per heavy atom. The predicted molar refractivity (Wildman–Crippen MR) is 93.2 cm³/mol. The van der Waals surface area contributed by atoms with Crippen molar-refractivity contribution in [2.45, 2.75) is 25.8 Å². The van der Waals surface area contributed by atoms with E-state index in [1.807, 2.05) is 53.2 Å². The molecule has 0 fully saturated rings. The lowest BCUT2D eigenvalue weighted by Gasteiger charge is -2.18. The molecule has 3 rings (SSSR count). The summed E-state index contributed by atoms with van der Waals surface area (Å²) in [5.74, 6) is 0.265. The summed E-state index contributed by atoms with van der Waals surface area (Å²) in [4.78, 5) is 20.9. The van der Waals surface area contributed by atoms with E-state index >= 15 is 0 Å². The first-order valence-corrected chi connectivity index (χ1v) is 8.00. The van der Waals surface area contributed by atoms with E-state index in [0.29, 0.717) is 12.2 Å². The van der Waals surface area contributed by atoms with E-state index in [9.17, 15) is 4.79 Å². The summed E-state index contributed by atoms with van der Waals surface area (Å²) in [6.07, 6.45) is 6.74. The number of amides is 1. The fourth-order valence-electron chi connectivity index (χ4n) is 2.70. The highest BCUT2D eigenvalue weighted by molar-refractivity contribution is 5.79. The van der Waals surface area contributed by atoms with Crippen molar-refractivity contribution in [1.29, 1.82) is 0 Å². The number of nitrogens with two attached hydrogens (primary N) is 1. The number of carbonyl (C=O) groups excluding carboxylic acids is 1. The Bertz CT molecular complexity index is 809. The smallest absolute Gasteiger partial charge is 0.240 e. The third-order valence-corrected chi connectivity index (χ3v) is 4.07. The van der Waals surface area contributed by atoms with Crippen LogP contribution >= 0.6 is 0 Å². The summed E-state index contributed by atoms with van der Waals surface area (Å²) < 4.78 is 1.81. The van der Waals surface area contributed by atoms with E-state index < -0.39 is 6.04 Å². The molecule has 122 valence electrons. The Kier molecular flexibility index (Phi) is 4.70. The zero-order valence-electron chi connectivity index (χ0n) is 13.6. The van der Waals surface area contributed by atoms with Crippen LogP contribution in [0.5, 0.6) is 0 Å². The van der Waals surface area contributed by atoms with Crippen LogP contribution in [0.25, 0.3) is 11.5 Å². The number of hydrogen-bond donors (Lipinski definition) is 1. The monoisotopic (exact) mass is 320 g/mol. The molecular weight excluding hydrogens is 300 g/mol. The van der Waals surface area contributed by atoms with Crippen molar-refractivity contribution in [1.82, 2.24) is 14.5 Å². The lowest BCUT2D eigenvalue weighted by molar-refractivity contribution is -0.121. The highest BCUT2D eigenvalue weighted by Crippen LogP contribution is 2.22. The van der Waals surface area contributed by atoms with Gasteiger partial charge in [-0.3, -0.25) is 9.78 Å². The van der Waals surface area contributed by atoms with E-state index in [1.54, 1.807) is 12.4 Å². The molecular formula is C19H20N4O. The normalized spacial score (nSPS) is 12.0. The third kappa shape index (κ3) is 3.35. The number of aromatic nitrogens is 3. The fraction of sp³-hybridized carbons (Fsp3) is 0.211. The molecule has 5 heteroatoms. The number of primary amides is 1. The van der Waals surface area contributed by atoms with Crippen LogP contribution in [-0.2, 0) is 17.6 Å². The molecule has 3 aromatic rings. The first kappa shape index (κ1) is 15.9. The summed E-state index contributed by atoms with van der Waals surface area (Å²) in [5.41, 5.74) is 8.60. The van der Waals surface area contributed by atoms with E-state index in [1.165, 1.54) is 0 Å². The maximum atomic E-state index is 12.0. The number of hydrogen-bond acceptors (Lipinski definition) is 3. The second kappa shape index (κ2) is 7.08. The van der Waals surface area contributed by atoms with Gasteiger partial charge >= 0.3 is 0 Å². The Morgan fingerprint density at radius 2 is 1.92 bits per heavy atom. The van der Waals surface area contributed by atoms with Crippen LogP contribution in [0.2, 0.25) is 0 Å². The first-order chi connectivity index (χ1) is 11.7. The molecule has 0 bridgehead atoms. The molecule has 2 aromatic heterocycles. The molecule has 0 aliphatic heterocycles. The predicted octanol–water partition coefficient (Wildman–Crippen LogP) is 2.78. The van der Waals surface area contributed by atoms with Gasteiger partial charge in [-0.15, -0.1) is 0 Å². The van der Waals surface area contributed by atoms with Crippen LogP contribution in [-0.4, -0.2) is 20.4 Å². The van der Waals surface area contributed by atoms with Gasteiger partial charge in [0, 0.05) is 25.0 Å². The molecule has 0 spiro atoms. The van der Waals surface area contributed by atoms with Gasteiger partial charge in [-0.2, -0.15) is 0 Å². The molecule has 0 saturated heterocycles. The van der Waals surface area contributed by atoms with Crippen LogP contribution in [0.4, 0.5) is 0 Å². The van der Waals surface area contributed by atoms with Crippen molar-refractivity contribution in [3.63, 3.8) is 0 Å². The average Bonchev–Trinajstić information content (AvgIpc) is 3.09. The van der Waals surface area contributed by atoms with Gasteiger partial charge in [-0.05, 0) is 23.6 Å². The molecule has 1 atom stereocenters. The zero-order valence-corrected chi connectivity index (χ0v) is 13.6. The van der Waals surface area contributed by atoms with E-state index in [-0.39, 0.29) is 5.91 Å². The molecule has 2 N–H and O–H groups in total. The zero-order chi connectivity index (χ0) is 16.9. The lowest BCUT2D eigenvalue weighted by atomic mass is 10.1. The van der Waals surface area contributed by atoms with Gasteiger partial charge < -0.3 is 10.3 Å². The Labute approximate surface area is 141 Å². The van der Waals surface area contributed by atoms with Crippen molar-refractivity contribution in [2.75, 3.05) is 0 Å². The minimum Gasteiger partial charge on any atom is -0.368 e. The third-order valence-electron chi connectivity index (χ3n) is 4.07. The van der Waals surface area contributed by atoms with Crippen molar-refractivity contribution < 1.29 is 4.79 Å². The van der Waals surface area contributed by atoms with Crippen LogP contribution in [0.1, 0.15) is 24.1 Å². The molecule has 2 heterocycles. The van der Waals surface area contributed by atoms with Crippen molar-refractivity contribution in [2.24, 2.45) is 5.73 Å². The van der Waals surface area contributed by atoms with Crippen molar-refractivity contribution >= 4 is 5.91 Å². The fourth-order valence-corrected chi connectivity index (χ4v) is 2.70. The van der Waals surface area contributed by atoms with Crippen LogP contribution in [0.15, 0.2) is 61.1 Å². The minimum atomic E-state index is -0.502. The maximum absolute atomic E-state index is 12.0. The van der Waals surface area contributed by atoms with Gasteiger partial charge in [0.15, 0.2) is 5.82 Å². The SMILES string of the molecule is CCc1ccc(-c2nccn2[C@@H](Cc2ccccc2)C(N)=O)nc1. The molecule has 0 aliphatic carbocycles. The van der Waals surface area contributed by atoms with Gasteiger partial charge in [-0.25, -0.2) is 4.98 Å². The number of imidazole rings is 1. The molecule has 1 aromatic carbocycles. The van der Waals surface area contributed by atoms with E-state index in [4.69, 9.17) is 5.73 Å². The van der Waals surface area contributed by atoms with Crippen LogP contribution in [0.3, 0.4) is 0 Å². The summed E-state index contributed by atoms with van der Waals surface area (Å²) in [6, 6.07) is 13.3. The van der Waals surface area contributed by atoms with E-state index in [2.05, 4.69) is 16.9 Å². The number of aryl methyl sites for hydroxylation is 1. The van der Waals surface area contributed by atoms with E-state index in [0.717, 1.165) is 23.2 Å². The highest BCUT2D eigenvalue weighted by Gasteiger charge is 2.22. The number of carbonyl (C=O) groups is 1. The summed E-state index contributed by atoms with van der Waals surface area (Å²) >= 11 is 0. The average molecular weight is 320 g/mol. The summed E-state index contributed by atoms with van der Waals surface area (Å²) in [5, 5.41) is 0. The van der Waals surface area contributed by atoms with Gasteiger partial charge in [-0.1, -0.05) is 43.3 Å². The minimum absolute atomic E-state index is 0.386. The molecule has 0 saturated carbocycles. The van der Waals surface area contributed by atoms with Gasteiger partial charge in [0.1, 0.15) is 11.7 Å². The summed E-state index contributed by atoms with van der Waals surface area (Å²) in [7, 11) is 0. The topological polar surface area (TPSA) is 73.8 Å². The Hall–Kier alpha value is -2.95. The maximum Gasteiger partial charge on any atom is 0.240 e. The number of rotatable bonds is 6. The standard InChI is InChI=1S/C19H20N4O/c1-2-14-8-9-16(22-13-14)19-21-10-11-23(19)17(18(20)24)12-15-6-4-3-5-7-15/h3-11,13,17H,2,12H2,1H3,(H2,20,24)/t17-/m0/s1. The number of benzene rings is 1. The second-order valence-corrected chi connectivity index (χ2v) is 5.67. The largest absolute Gasteiger partial charge is 0.368 e. The van der Waals surface area contributed by atoms with Crippen molar-refractivity contribution in [3.8, 4) is 11.5 Å². The Morgan fingerprint density at radius 1 is 1.12 bits per heavy atom. The molecule has 5 nitrogen and oxygen atoms in total. The van der Waals surface area contributed by atoms with Crippen LogP contribution < -0.4 is 5.73 Å². The Balaban J connectivity index is 1.94. The van der Waals surface area contributed by atoms with Gasteiger partial charge in [0.25, 0.3) is 0 Å². The molecule has 0 aliphatic rings. The molecule has 24 heavy (non-hydrogen) atoms. The number of nitrogens with zero attached hydrogens (tertiary/aromatic N) is 3. The highest BCUT2D eigenvalue weighted by atomic mass is 16.1. The van der Waals surface area contributed by atoms with Gasteiger partial charge in [0.05, 0.1) is 0 Å². The van der Waals surface area contributed by atoms with Crippen LogP contribution in [0, 0.1) is 0 Å². The first-order valence-electron chi connectivity index (χ1n) is 8.00. The van der Waals surface area contributed by atoms with Crippen molar-refractivity contribution in [3.05, 3.63) is 72.2 Å². The van der Waals surface area contributed by atoms with Gasteiger partial charge in [0.2, 0.25) is 5.91 Å². The molecule has 0 unspecified atom stereocenters. The lowest BCUT2D eigenvalue weighted by Crippen LogP contribution is -2.28. The molecule has 0 radical (unpaired) electrons. The second-order valence-electron chi connectivity index (χ2n) is 5.67. The molecule has 1 amide bonds.